The summed E-state index contributed by atoms with van der Waals surface area (Å²) in [6.07, 6.45) is 0. The molecular formula is C63H45NO. The highest BCUT2D eigenvalue weighted by Crippen LogP contribution is 2.55. The van der Waals surface area contributed by atoms with E-state index in [1.165, 1.54) is 44.5 Å². The fraction of sp³-hybridized carbons (Fsp3) is 0.0476. The summed E-state index contributed by atoms with van der Waals surface area (Å²) in [5, 5.41) is 0. The molecule has 1 aliphatic carbocycles. The van der Waals surface area contributed by atoms with E-state index in [2.05, 4.69) is 255 Å². The first kappa shape index (κ1) is 38.5. The minimum absolute atomic E-state index is 0.169. The van der Waals surface area contributed by atoms with E-state index in [0.717, 1.165) is 73.1 Å². The molecule has 0 saturated heterocycles. The number of hydrogen-bond donors (Lipinski definition) is 0. The van der Waals surface area contributed by atoms with Gasteiger partial charge in [0.05, 0.1) is 5.69 Å². The van der Waals surface area contributed by atoms with Gasteiger partial charge in [-0.05, 0) is 126 Å². The van der Waals surface area contributed by atoms with Crippen LogP contribution in [0.15, 0.2) is 237 Å². The molecule has 0 bridgehead atoms. The van der Waals surface area contributed by atoms with Crippen molar-refractivity contribution in [3.05, 3.63) is 248 Å². The summed E-state index contributed by atoms with van der Waals surface area (Å²) in [6, 6.07) is 85.7. The van der Waals surface area contributed by atoms with Crippen LogP contribution >= 0.6 is 0 Å². The van der Waals surface area contributed by atoms with Gasteiger partial charge < -0.3 is 9.64 Å². The Balaban J connectivity index is 1.06. The Morgan fingerprint density at radius 1 is 0.308 bits per heavy atom. The number of ether oxygens (including phenoxy) is 1. The molecule has 0 saturated carbocycles. The average molecular weight is 832 g/mol. The predicted octanol–water partition coefficient (Wildman–Crippen LogP) is 17.6. The maximum absolute atomic E-state index is 7.41. The second-order valence-corrected chi connectivity index (χ2v) is 17.7. The molecule has 0 atom stereocenters. The summed E-state index contributed by atoms with van der Waals surface area (Å²) < 4.78 is 7.41. The Morgan fingerprint density at radius 2 is 0.785 bits per heavy atom. The molecule has 0 spiro atoms. The lowest BCUT2D eigenvalue weighted by molar-refractivity contribution is 0.489. The molecule has 10 aromatic carbocycles. The Labute approximate surface area is 381 Å². The fourth-order valence-corrected chi connectivity index (χ4v) is 10.2. The lowest BCUT2D eigenvalue weighted by atomic mass is 9.82. The van der Waals surface area contributed by atoms with Crippen LogP contribution in [0.25, 0.3) is 77.9 Å². The van der Waals surface area contributed by atoms with Crippen molar-refractivity contribution >= 4 is 17.1 Å². The van der Waals surface area contributed by atoms with Gasteiger partial charge in [-0.1, -0.05) is 202 Å². The maximum Gasteiger partial charge on any atom is 0.159 e. The molecule has 0 aromatic heterocycles. The van der Waals surface area contributed by atoms with Crippen LogP contribution in [-0.2, 0) is 5.41 Å². The normalized spacial score (nSPS) is 12.7. The summed E-state index contributed by atoms with van der Waals surface area (Å²) in [6.45, 7) is 4.70. The number of hydrogen-bond acceptors (Lipinski definition) is 2. The molecular weight excluding hydrogens is 787 g/mol. The molecule has 65 heavy (non-hydrogen) atoms. The molecule has 308 valence electrons. The summed E-state index contributed by atoms with van der Waals surface area (Å²) in [4.78, 5) is 2.40. The van der Waals surface area contributed by atoms with Crippen molar-refractivity contribution in [1.29, 1.82) is 0 Å². The first-order valence-electron chi connectivity index (χ1n) is 22.5. The van der Waals surface area contributed by atoms with Crippen molar-refractivity contribution in [1.82, 2.24) is 0 Å². The third-order valence-electron chi connectivity index (χ3n) is 13.5. The van der Waals surface area contributed by atoms with Crippen molar-refractivity contribution in [2.75, 3.05) is 4.90 Å². The molecule has 2 nitrogen and oxygen atoms in total. The van der Waals surface area contributed by atoms with E-state index >= 15 is 0 Å². The van der Waals surface area contributed by atoms with Crippen LogP contribution in [0.1, 0.15) is 25.0 Å². The molecule has 0 amide bonds. The Bertz CT molecular complexity index is 3410. The van der Waals surface area contributed by atoms with Gasteiger partial charge in [-0.15, -0.1) is 0 Å². The molecule has 10 aromatic rings. The molecule has 0 N–H and O–H groups in total. The minimum atomic E-state index is -0.169. The highest BCUT2D eigenvalue weighted by Gasteiger charge is 2.36. The predicted molar refractivity (Wildman–Crippen MR) is 271 cm³/mol. The number of fused-ring (bicyclic) bond motifs is 8. The van der Waals surface area contributed by atoms with Crippen molar-refractivity contribution in [3.8, 4) is 89.4 Å². The summed E-state index contributed by atoms with van der Waals surface area (Å²) >= 11 is 0. The summed E-state index contributed by atoms with van der Waals surface area (Å²) in [7, 11) is 0. The molecule has 2 heteroatoms. The van der Waals surface area contributed by atoms with E-state index in [1.807, 2.05) is 0 Å². The van der Waals surface area contributed by atoms with Crippen LogP contribution in [0.3, 0.4) is 0 Å². The Morgan fingerprint density at radius 3 is 1.49 bits per heavy atom. The van der Waals surface area contributed by atoms with Crippen molar-refractivity contribution in [2.45, 2.75) is 19.3 Å². The van der Waals surface area contributed by atoms with Gasteiger partial charge in [0.15, 0.2) is 5.75 Å². The van der Waals surface area contributed by atoms with Crippen LogP contribution in [0.4, 0.5) is 17.1 Å². The minimum Gasteiger partial charge on any atom is -0.454 e. The number of rotatable bonds is 7. The average Bonchev–Trinajstić information content (AvgIpc) is 3.50. The van der Waals surface area contributed by atoms with E-state index in [-0.39, 0.29) is 5.41 Å². The highest BCUT2D eigenvalue weighted by molar-refractivity contribution is 5.98. The quantitative estimate of drug-likeness (QED) is 0.159. The summed E-state index contributed by atoms with van der Waals surface area (Å²) in [5.41, 5.74) is 21.9. The monoisotopic (exact) mass is 831 g/mol. The van der Waals surface area contributed by atoms with Crippen LogP contribution in [0.2, 0.25) is 0 Å². The Kier molecular flexibility index (Phi) is 9.21. The van der Waals surface area contributed by atoms with Gasteiger partial charge in [-0.2, -0.15) is 0 Å². The van der Waals surface area contributed by atoms with Gasteiger partial charge in [-0.25, -0.2) is 0 Å². The van der Waals surface area contributed by atoms with Gasteiger partial charge in [0, 0.05) is 27.9 Å². The van der Waals surface area contributed by atoms with E-state index in [1.54, 1.807) is 0 Å². The number of nitrogens with zero attached hydrogens (tertiary/aromatic N) is 1. The zero-order valence-electron chi connectivity index (χ0n) is 36.4. The first-order chi connectivity index (χ1) is 32.0. The van der Waals surface area contributed by atoms with Gasteiger partial charge in [-0.3, -0.25) is 0 Å². The SMILES string of the molecule is CC1(C)c2ccccc2-c2ccc(N(c3cccc(-c4ccccc4)c3)c3cccc4c3Oc3ccc(-c5ccc(-c6ccccc6)cc5)cc3-c3cc(-c5ccccc5)ccc3-4)cc21. The lowest BCUT2D eigenvalue weighted by Gasteiger charge is -2.30. The van der Waals surface area contributed by atoms with Crippen LogP contribution in [0, 0.1) is 0 Å². The van der Waals surface area contributed by atoms with E-state index in [9.17, 15) is 0 Å². The zero-order valence-corrected chi connectivity index (χ0v) is 36.4. The van der Waals surface area contributed by atoms with Crippen molar-refractivity contribution in [2.24, 2.45) is 0 Å². The zero-order chi connectivity index (χ0) is 43.5. The van der Waals surface area contributed by atoms with Gasteiger partial charge >= 0.3 is 0 Å². The third kappa shape index (κ3) is 6.65. The largest absolute Gasteiger partial charge is 0.454 e. The second kappa shape index (κ2) is 15.6. The van der Waals surface area contributed by atoms with Crippen LogP contribution in [0.5, 0.6) is 11.5 Å². The third-order valence-corrected chi connectivity index (χ3v) is 13.5. The molecule has 12 rings (SSSR count). The molecule has 0 unspecified atom stereocenters. The maximum atomic E-state index is 7.41. The molecule has 1 aliphatic heterocycles. The summed E-state index contributed by atoms with van der Waals surface area (Å²) in [5.74, 6) is 1.63. The second-order valence-electron chi connectivity index (χ2n) is 17.7. The highest BCUT2D eigenvalue weighted by atomic mass is 16.5. The molecule has 0 fully saturated rings. The molecule has 2 aliphatic rings. The van der Waals surface area contributed by atoms with Gasteiger partial charge in [0.1, 0.15) is 5.75 Å². The van der Waals surface area contributed by atoms with E-state index in [4.69, 9.17) is 4.74 Å². The van der Waals surface area contributed by atoms with Crippen molar-refractivity contribution in [3.63, 3.8) is 0 Å². The van der Waals surface area contributed by atoms with E-state index < -0.39 is 0 Å². The number of para-hydroxylation sites is 1. The standard InChI is InChI=1S/C63H45NO/c1-63(2)58-26-13-12-24-53(58)54-36-34-51(41-59(54)63)64(50-23-14-22-47(38-50)43-18-8-4-9-19-43)60-27-15-25-55-52-35-32-48(44-20-10-5-11-21-44)39-56(52)57-40-49(33-37-61(57)65-62(55)60)46-30-28-45(29-31-46)42-16-6-3-7-17-42/h3-41H,1-2H3. The lowest BCUT2D eigenvalue weighted by Crippen LogP contribution is -2.17. The van der Waals surface area contributed by atoms with Crippen LogP contribution < -0.4 is 9.64 Å². The smallest absolute Gasteiger partial charge is 0.159 e. The van der Waals surface area contributed by atoms with Crippen LogP contribution in [-0.4, -0.2) is 0 Å². The number of benzene rings is 10. The fourth-order valence-electron chi connectivity index (χ4n) is 10.2. The Hall–Kier alpha value is -8.20. The van der Waals surface area contributed by atoms with Gasteiger partial charge in [0.25, 0.3) is 0 Å². The molecule has 0 radical (unpaired) electrons. The van der Waals surface area contributed by atoms with Gasteiger partial charge in [0.2, 0.25) is 0 Å². The topological polar surface area (TPSA) is 12.5 Å². The van der Waals surface area contributed by atoms with Crippen molar-refractivity contribution < 1.29 is 4.74 Å². The number of anilines is 3. The molecule has 1 heterocycles. The first-order valence-corrected chi connectivity index (χ1v) is 22.5. The van der Waals surface area contributed by atoms with E-state index in [0.29, 0.717) is 0 Å².